The lowest BCUT2D eigenvalue weighted by molar-refractivity contribution is -0.137. The molecule has 0 rings (SSSR count). The molecule has 13 heavy (non-hydrogen) atoms. The Hall–Kier alpha value is -0.630. The van der Waals surface area contributed by atoms with Crippen molar-refractivity contribution in [2.75, 3.05) is 6.61 Å². The van der Waals surface area contributed by atoms with Gasteiger partial charge in [0.2, 0.25) is 0 Å². The van der Waals surface area contributed by atoms with Gasteiger partial charge < -0.3 is 4.74 Å². The van der Waals surface area contributed by atoms with E-state index in [2.05, 4.69) is 0 Å². The van der Waals surface area contributed by atoms with Crippen molar-refractivity contribution in [2.24, 2.45) is 0 Å². The summed E-state index contributed by atoms with van der Waals surface area (Å²) in [5.41, 5.74) is 0.385. The van der Waals surface area contributed by atoms with Gasteiger partial charge in [-0.3, -0.25) is 4.79 Å². The predicted octanol–water partition coefficient (Wildman–Crippen LogP) is 2.73. The normalized spacial score (nSPS) is 14.8. The van der Waals surface area contributed by atoms with Crippen LogP contribution in [0.2, 0.25) is 0 Å². The van der Waals surface area contributed by atoms with E-state index in [9.17, 15) is 4.79 Å². The van der Waals surface area contributed by atoms with Gasteiger partial charge in [0.1, 0.15) is 5.60 Å². The molecule has 0 aliphatic carbocycles. The van der Waals surface area contributed by atoms with Gasteiger partial charge in [-0.2, -0.15) is 0 Å². The number of hydrogen-bond donors (Lipinski definition) is 0. The standard InChI is InChI=1S/C11H20O2/c1-6-11(5,13-7-2)10(12)8-9(3)4/h8H,6-7H2,1-5H3. The lowest BCUT2D eigenvalue weighted by Gasteiger charge is -2.25. The van der Waals surface area contributed by atoms with E-state index in [0.717, 1.165) is 5.57 Å². The fraction of sp³-hybridized carbons (Fsp3) is 0.727. The second kappa shape index (κ2) is 5.18. The largest absolute Gasteiger partial charge is 0.367 e. The van der Waals surface area contributed by atoms with Gasteiger partial charge in [0.05, 0.1) is 0 Å². The van der Waals surface area contributed by atoms with Crippen LogP contribution in [0.4, 0.5) is 0 Å². The van der Waals surface area contributed by atoms with Crippen LogP contribution >= 0.6 is 0 Å². The highest BCUT2D eigenvalue weighted by Crippen LogP contribution is 2.17. The third-order valence-electron chi connectivity index (χ3n) is 2.08. The summed E-state index contributed by atoms with van der Waals surface area (Å²) in [4.78, 5) is 11.7. The lowest BCUT2D eigenvalue weighted by atomic mass is 9.96. The molecule has 0 aromatic heterocycles. The van der Waals surface area contributed by atoms with Crippen molar-refractivity contribution in [1.29, 1.82) is 0 Å². The Balaban J connectivity index is 4.56. The Morgan fingerprint density at radius 1 is 1.38 bits per heavy atom. The summed E-state index contributed by atoms with van der Waals surface area (Å²) in [5.74, 6) is 0.0665. The lowest BCUT2D eigenvalue weighted by Crippen LogP contribution is -2.36. The minimum atomic E-state index is -0.633. The average molecular weight is 184 g/mol. The summed E-state index contributed by atoms with van der Waals surface area (Å²) in [7, 11) is 0. The minimum absolute atomic E-state index is 0.0665. The fourth-order valence-electron chi connectivity index (χ4n) is 1.08. The first-order valence-electron chi connectivity index (χ1n) is 4.79. The van der Waals surface area contributed by atoms with Gasteiger partial charge in [-0.1, -0.05) is 12.5 Å². The highest BCUT2D eigenvalue weighted by atomic mass is 16.5. The summed E-state index contributed by atoms with van der Waals surface area (Å²) < 4.78 is 5.45. The summed E-state index contributed by atoms with van der Waals surface area (Å²) in [6.45, 7) is 10.1. The van der Waals surface area contributed by atoms with E-state index in [-0.39, 0.29) is 5.78 Å². The Kier molecular flexibility index (Phi) is 4.92. The maximum Gasteiger partial charge on any atom is 0.187 e. The Morgan fingerprint density at radius 2 is 1.92 bits per heavy atom. The molecule has 76 valence electrons. The van der Waals surface area contributed by atoms with Crippen LogP contribution in [0.3, 0.4) is 0 Å². The predicted molar refractivity (Wildman–Crippen MR) is 54.8 cm³/mol. The first-order chi connectivity index (χ1) is 5.96. The molecule has 0 radical (unpaired) electrons. The maximum atomic E-state index is 11.7. The van der Waals surface area contributed by atoms with Crippen molar-refractivity contribution in [1.82, 2.24) is 0 Å². The van der Waals surface area contributed by atoms with Crippen molar-refractivity contribution in [3.63, 3.8) is 0 Å². The van der Waals surface area contributed by atoms with Gasteiger partial charge in [0.15, 0.2) is 5.78 Å². The van der Waals surface area contributed by atoms with E-state index in [1.54, 1.807) is 6.08 Å². The van der Waals surface area contributed by atoms with E-state index >= 15 is 0 Å². The van der Waals surface area contributed by atoms with E-state index in [1.807, 2.05) is 34.6 Å². The molecule has 1 atom stereocenters. The Morgan fingerprint density at radius 3 is 2.23 bits per heavy atom. The smallest absolute Gasteiger partial charge is 0.187 e. The van der Waals surface area contributed by atoms with Gasteiger partial charge in [0, 0.05) is 6.61 Å². The van der Waals surface area contributed by atoms with E-state index in [4.69, 9.17) is 4.74 Å². The zero-order chi connectivity index (χ0) is 10.5. The fourth-order valence-corrected chi connectivity index (χ4v) is 1.08. The number of rotatable bonds is 5. The van der Waals surface area contributed by atoms with Crippen LogP contribution < -0.4 is 0 Å². The SMILES string of the molecule is CCOC(C)(CC)C(=O)C=C(C)C. The van der Waals surface area contributed by atoms with E-state index < -0.39 is 5.60 Å². The van der Waals surface area contributed by atoms with Crippen LogP contribution in [-0.2, 0) is 9.53 Å². The van der Waals surface area contributed by atoms with E-state index in [0.29, 0.717) is 13.0 Å². The van der Waals surface area contributed by atoms with Crippen LogP contribution in [0.1, 0.15) is 41.0 Å². The van der Waals surface area contributed by atoms with Gasteiger partial charge >= 0.3 is 0 Å². The molecule has 0 aliphatic rings. The number of carbonyl (C=O) groups is 1. The summed E-state index contributed by atoms with van der Waals surface area (Å²) in [6, 6.07) is 0. The first-order valence-corrected chi connectivity index (χ1v) is 4.79. The summed E-state index contributed by atoms with van der Waals surface area (Å²) in [5, 5.41) is 0. The zero-order valence-corrected chi connectivity index (χ0v) is 9.31. The number of allylic oxidation sites excluding steroid dienone is 1. The molecule has 2 nitrogen and oxygen atoms in total. The molecule has 0 N–H and O–H groups in total. The highest BCUT2D eigenvalue weighted by Gasteiger charge is 2.29. The van der Waals surface area contributed by atoms with Gasteiger partial charge in [-0.15, -0.1) is 0 Å². The number of ketones is 1. The molecule has 2 heteroatoms. The van der Waals surface area contributed by atoms with Crippen LogP contribution in [0.25, 0.3) is 0 Å². The summed E-state index contributed by atoms with van der Waals surface area (Å²) in [6.07, 6.45) is 2.36. The average Bonchev–Trinajstić information content (AvgIpc) is 2.03. The van der Waals surface area contributed by atoms with Crippen LogP contribution in [-0.4, -0.2) is 18.0 Å². The third kappa shape index (κ3) is 3.73. The molecule has 0 aliphatic heterocycles. The number of hydrogen-bond acceptors (Lipinski definition) is 2. The minimum Gasteiger partial charge on any atom is -0.367 e. The van der Waals surface area contributed by atoms with Crippen molar-refractivity contribution in [3.8, 4) is 0 Å². The molecule has 1 unspecified atom stereocenters. The van der Waals surface area contributed by atoms with Crippen LogP contribution in [0.15, 0.2) is 11.6 Å². The molecule has 0 spiro atoms. The van der Waals surface area contributed by atoms with E-state index in [1.165, 1.54) is 0 Å². The van der Waals surface area contributed by atoms with Crippen molar-refractivity contribution >= 4 is 5.78 Å². The molecule has 0 saturated carbocycles. The number of carbonyl (C=O) groups excluding carboxylic acids is 1. The molecule has 0 saturated heterocycles. The molecule has 0 bridgehead atoms. The number of ether oxygens (including phenoxy) is 1. The van der Waals surface area contributed by atoms with Gasteiger partial charge in [0.25, 0.3) is 0 Å². The molecule has 0 amide bonds. The third-order valence-corrected chi connectivity index (χ3v) is 2.08. The Bertz CT molecular complexity index is 202. The molecule has 0 aromatic rings. The maximum absolute atomic E-state index is 11.7. The van der Waals surface area contributed by atoms with Gasteiger partial charge in [-0.05, 0) is 40.2 Å². The Labute approximate surface area is 81.0 Å². The first kappa shape index (κ1) is 12.4. The second-order valence-corrected chi connectivity index (χ2v) is 3.60. The molecule has 0 heterocycles. The topological polar surface area (TPSA) is 26.3 Å². The molecule has 0 aromatic carbocycles. The molecule has 0 fully saturated rings. The molecular weight excluding hydrogens is 164 g/mol. The van der Waals surface area contributed by atoms with Crippen LogP contribution in [0.5, 0.6) is 0 Å². The molecular formula is C11H20O2. The zero-order valence-electron chi connectivity index (χ0n) is 9.31. The highest BCUT2D eigenvalue weighted by molar-refractivity contribution is 5.97. The van der Waals surface area contributed by atoms with Crippen molar-refractivity contribution in [3.05, 3.63) is 11.6 Å². The van der Waals surface area contributed by atoms with Gasteiger partial charge in [-0.25, -0.2) is 0 Å². The summed E-state index contributed by atoms with van der Waals surface area (Å²) >= 11 is 0. The van der Waals surface area contributed by atoms with Crippen molar-refractivity contribution in [2.45, 2.75) is 46.6 Å². The quantitative estimate of drug-likeness (QED) is 0.614. The van der Waals surface area contributed by atoms with Crippen molar-refractivity contribution < 1.29 is 9.53 Å². The second-order valence-electron chi connectivity index (χ2n) is 3.60. The van der Waals surface area contributed by atoms with Crippen LogP contribution in [0, 0.1) is 0 Å². The monoisotopic (exact) mass is 184 g/mol.